The summed E-state index contributed by atoms with van der Waals surface area (Å²) >= 11 is 0. The van der Waals surface area contributed by atoms with Crippen LogP contribution < -0.4 is 24.8 Å². The average molecular weight is 358 g/mol. The van der Waals surface area contributed by atoms with Gasteiger partial charge < -0.3 is 24.8 Å². The molecule has 0 aromatic heterocycles. The van der Waals surface area contributed by atoms with Crippen LogP contribution in [-0.2, 0) is 16.0 Å². The first-order valence-corrected chi connectivity index (χ1v) is 8.02. The van der Waals surface area contributed by atoms with Gasteiger partial charge in [-0.2, -0.15) is 0 Å². The molecule has 0 unspecified atom stereocenters. The predicted molar refractivity (Wildman–Crippen MR) is 97.9 cm³/mol. The molecule has 0 heterocycles. The van der Waals surface area contributed by atoms with Crippen LogP contribution in [0.2, 0.25) is 0 Å². The number of para-hydroxylation sites is 2. The Kier molecular flexibility index (Phi) is 6.84. The number of anilines is 1. The zero-order valence-corrected chi connectivity index (χ0v) is 15.0. The van der Waals surface area contributed by atoms with Crippen LogP contribution in [0.1, 0.15) is 5.56 Å². The van der Waals surface area contributed by atoms with Gasteiger partial charge in [-0.3, -0.25) is 9.59 Å². The summed E-state index contributed by atoms with van der Waals surface area (Å²) in [7, 11) is 4.62. The summed E-state index contributed by atoms with van der Waals surface area (Å²) in [6.07, 6.45) is 0.550. The van der Waals surface area contributed by atoms with Gasteiger partial charge in [0.15, 0.2) is 11.5 Å². The fourth-order valence-electron chi connectivity index (χ4n) is 2.36. The van der Waals surface area contributed by atoms with Gasteiger partial charge in [0.25, 0.3) is 0 Å². The molecule has 138 valence electrons. The third kappa shape index (κ3) is 4.89. The maximum Gasteiger partial charge on any atom is 0.313 e. The minimum Gasteiger partial charge on any atom is -0.495 e. The number of ether oxygens (including phenoxy) is 3. The minimum absolute atomic E-state index is 0.313. The maximum atomic E-state index is 12.0. The lowest BCUT2D eigenvalue weighted by atomic mass is 10.1. The Bertz CT molecular complexity index is 776. The number of nitrogens with one attached hydrogen (secondary N) is 2. The van der Waals surface area contributed by atoms with Gasteiger partial charge in [0, 0.05) is 6.54 Å². The standard InChI is InChI=1S/C19H22N2O5/c1-24-15-7-5-4-6-14(15)21-19(23)18(22)20-11-10-13-8-9-16(25-2)17(12-13)26-3/h4-9,12H,10-11H2,1-3H3,(H,20,22)(H,21,23). The van der Waals surface area contributed by atoms with Gasteiger partial charge in [-0.25, -0.2) is 0 Å². The first-order valence-electron chi connectivity index (χ1n) is 8.02. The quantitative estimate of drug-likeness (QED) is 0.740. The van der Waals surface area contributed by atoms with Gasteiger partial charge in [-0.05, 0) is 36.2 Å². The molecule has 0 atom stereocenters. The van der Waals surface area contributed by atoms with E-state index in [-0.39, 0.29) is 0 Å². The fraction of sp³-hybridized carbons (Fsp3) is 0.263. The van der Waals surface area contributed by atoms with E-state index in [4.69, 9.17) is 14.2 Å². The molecule has 0 saturated heterocycles. The van der Waals surface area contributed by atoms with Crippen LogP contribution in [0, 0.1) is 0 Å². The van der Waals surface area contributed by atoms with Crippen LogP contribution in [0.4, 0.5) is 5.69 Å². The molecule has 0 spiro atoms. The lowest BCUT2D eigenvalue weighted by molar-refractivity contribution is -0.136. The number of hydrogen-bond donors (Lipinski definition) is 2. The van der Waals surface area contributed by atoms with Crippen LogP contribution >= 0.6 is 0 Å². The summed E-state index contributed by atoms with van der Waals surface area (Å²) in [4.78, 5) is 23.9. The van der Waals surface area contributed by atoms with Crippen LogP contribution in [0.5, 0.6) is 17.2 Å². The van der Waals surface area contributed by atoms with Crippen molar-refractivity contribution in [3.8, 4) is 17.2 Å². The first kappa shape index (κ1) is 19.1. The molecule has 26 heavy (non-hydrogen) atoms. The van der Waals surface area contributed by atoms with Gasteiger partial charge in [0.05, 0.1) is 27.0 Å². The van der Waals surface area contributed by atoms with Gasteiger partial charge in [-0.1, -0.05) is 18.2 Å². The zero-order chi connectivity index (χ0) is 18.9. The van der Waals surface area contributed by atoms with Crippen molar-refractivity contribution in [2.75, 3.05) is 33.2 Å². The molecule has 0 aliphatic rings. The lowest BCUT2D eigenvalue weighted by Crippen LogP contribution is -2.36. The average Bonchev–Trinajstić information content (AvgIpc) is 2.68. The SMILES string of the molecule is COc1ccccc1NC(=O)C(=O)NCCc1ccc(OC)c(OC)c1. The Labute approximate surface area is 152 Å². The highest BCUT2D eigenvalue weighted by Crippen LogP contribution is 2.27. The summed E-state index contributed by atoms with van der Waals surface area (Å²) in [6.45, 7) is 0.313. The van der Waals surface area contributed by atoms with Crippen LogP contribution in [0.25, 0.3) is 0 Å². The van der Waals surface area contributed by atoms with Crippen molar-refractivity contribution in [3.63, 3.8) is 0 Å². The van der Waals surface area contributed by atoms with E-state index in [0.717, 1.165) is 5.56 Å². The highest BCUT2D eigenvalue weighted by molar-refractivity contribution is 6.39. The van der Waals surface area contributed by atoms with E-state index >= 15 is 0 Å². The molecule has 0 radical (unpaired) electrons. The van der Waals surface area contributed by atoms with Gasteiger partial charge in [0.2, 0.25) is 0 Å². The number of carbonyl (C=O) groups excluding carboxylic acids is 2. The normalized spacial score (nSPS) is 9.96. The Hall–Kier alpha value is -3.22. The van der Waals surface area contributed by atoms with Crippen molar-refractivity contribution in [1.82, 2.24) is 5.32 Å². The molecule has 2 rings (SSSR count). The van der Waals surface area contributed by atoms with Gasteiger partial charge >= 0.3 is 11.8 Å². The van der Waals surface area contributed by atoms with E-state index in [1.807, 2.05) is 12.1 Å². The van der Waals surface area contributed by atoms with E-state index in [9.17, 15) is 9.59 Å². The number of carbonyl (C=O) groups is 2. The maximum absolute atomic E-state index is 12.0. The fourth-order valence-corrected chi connectivity index (χ4v) is 2.36. The van der Waals surface area contributed by atoms with Gasteiger partial charge in [-0.15, -0.1) is 0 Å². The second-order valence-electron chi connectivity index (χ2n) is 5.35. The number of amides is 2. The number of benzene rings is 2. The zero-order valence-electron chi connectivity index (χ0n) is 15.0. The summed E-state index contributed by atoms with van der Waals surface area (Å²) in [6, 6.07) is 12.4. The Morgan fingerprint density at radius 1 is 0.846 bits per heavy atom. The Morgan fingerprint density at radius 3 is 2.23 bits per heavy atom. The summed E-state index contributed by atoms with van der Waals surface area (Å²) in [5.74, 6) is 0.277. The molecule has 0 aliphatic heterocycles. The van der Waals surface area contributed by atoms with Crippen LogP contribution in [-0.4, -0.2) is 39.7 Å². The Morgan fingerprint density at radius 2 is 1.54 bits per heavy atom. The predicted octanol–water partition coefficient (Wildman–Crippen LogP) is 2.01. The van der Waals surface area contributed by atoms with Crippen molar-refractivity contribution in [2.24, 2.45) is 0 Å². The molecule has 2 aromatic carbocycles. The second kappa shape index (κ2) is 9.31. The lowest BCUT2D eigenvalue weighted by Gasteiger charge is -2.11. The molecule has 0 bridgehead atoms. The van der Waals surface area contributed by atoms with Crippen molar-refractivity contribution < 1.29 is 23.8 Å². The molecule has 0 aliphatic carbocycles. The number of hydrogen-bond acceptors (Lipinski definition) is 5. The highest BCUT2D eigenvalue weighted by atomic mass is 16.5. The minimum atomic E-state index is -0.748. The summed E-state index contributed by atoms with van der Waals surface area (Å²) in [5, 5.41) is 5.12. The first-order chi connectivity index (χ1) is 12.6. The van der Waals surface area contributed by atoms with Crippen LogP contribution in [0.3, 0.4) is 0 Å². The molecular weight excluding hydrogens is 336 g/mol. The molecule has 2 amide bonds. The largest absolute Gasteiger partial charge is 0.495 e. The van der Waals surface area contributed by atoms with E-state index in [2.05, 4.69) is 10.6 Å². The van der Waals surface area contributed by atoms with Crippen LogP contribution in [0.15, 0.2) is 42.5 Å². The third-order valence-electron chi connectivity index (χ3n) is 3.71. The van der Waals surface area contributed by atoms with E-state index in [1.54, 1.807) is 44.6 Å². The molecule has 2 N–H and O–H groups in total. The molecule has 0 saturated carbocycles. The Balaban J connectivity index is 1.87. The monoisotopic (exact) mass is 358 g/mol. The van der Waals surface area contributed by atoms with E-state index in [1.165, 1.54) is 7.11 Å². The van der Waals surface area contributed by atoms with Crippen molar-refractivity contribution in [2.45, 2.75) is 6.42 Å². The van der Waals surface area contributed by atoms with Crippen molar-refractivity contribution in [3.05, 3.63) is 48.0 Å². The molecule has 0 fully saturated rings. The number of rotatable bonds is 7. The molecule has 2 aromatic rings. The van der Waals surface area contributed by atoms with E-state index in [0.29, 0.717) is 35.9 Å². The van der Waals surface area contributed by atoms with Crippen molar-refractivity contribution in [1.29, 1.82) is 0 Å². The topological polar surface area (TPSA) is 85.9 Å². The second-order valence-corrected chi connectivity index (χ2v) is 5.35. The summed E-state index contributed by atoms with van der Waals surface area (Å²) < 4.78 is 15.6. The third-order valence-corrected chi connectivity index (χ3v) is 3.71. The molecular formula is C19H22N2O5. The molecule has 7 nitrogen and oxygen atoms in total. The molecule has 7 heteroatoms. The smallest absolute Gasteiger partial charge is 0.313 e. The number of methoxy groups -OCH3 is 3. The summed E-state index contributed by atoms with van der Waals surface area (Å²) in [5.41, 5.74) is 1.39. The van der Waals surface area contributed by atoms with Gasteiger partial charge in [0.1, 0.15) is 5.75 Å². The van der Waals surface area contributed by atoms with Crippen molar-refractivity contribution >= 4 is 17.5 Å². The highest BCUT2D eigenvalue weighted by Gasteiger charge is 2.15. The van der Waals surface area contributed by atoms with E-state index < -0.39 is 11.8 Å².